The zero-order chi connectivity index (χ0) is 12.4. The first kappa shape index (κ1) is 11.3. The number of H-pyrrole nitrogens is 1. The Labute approximate surface area is 95.3 Å². The van der Waals surface area contributed by atoms with Gasteiger partial charge in [0.2, 0.25) is 0 Å². The van der Waals surface area contributed by atoms with Crippen LogP contribution in [-0.2, 0) is 0 Å². The number of halogens is 2. The Morgan fingerprint density at radius 3 is 2.71 bits per heavy atom. The van der Waals surface area contributed by atoms with Crippen LogP contribution in [0, 0.1) is 11.6 Å². The summed E-state index contributed by atoms with van der Waals surface area (Å²) in [4.78, 5) is 16.8. The van der Waals surface area contributed by atoms with E-state index in [1.807, 2.05) is 0 Å². The zero-order valence-corrected chi connectivity index (χ0v) is 8.83. The molecule has 2 rings (SSSR count). The third-order valence-electron chi connectivity index (χ3n) is 2.22. The molecule has 1 aromatic carbocycles. The monoisotopic (exact) mass is 238 g/mol. The van der Waals surface area contributed by atoms with Crippen LogP contribution in [-0.4, -0.2) is 23.4 Å². The van der Waals surface area contributed by atoms with Gasteiger partial charge in [0.25, 0.3) is 0 Å². The van der Waals surface area contributed by atoms with Gasteiger partial charge < -0.3 is 9.72 Å². The molecule has 0 spiro atoms. The van der Waals surface area contributed by atoms with Crippen LogP contribution in [0.2, 0.25) is 0 Å². The summed E-state index contributed by atoms with van der Waals surface area (Å²) in [5.74, 6) is -1.48. The first-order chi connectivity index (χ1) is 8.15. The van der Waals surface area contributed by atoms with E-state index in [1.165, 1.54) is 13.3 Å². The SMILES string of the molecule is COc1cc(F)c(-c2ncc(C=O)[nH]2)cc1F. The van der Waals surface area contributed by atoms with Gasteiger partial charge in [-0.2, -0.15) is 0 Å². The molecule has 0 aliphatic heterocycles. The number of benzene rings is 1. The Kier molecular flexibility index (Phi) is 2.86. The standard InChI is InChI=1S/C11H8F2N2O2/c1-17-10-3-8(12)7(2-9(10)13)11-14-4-6(5-16)15-11/h2-5H,1H3,(H,14,15). The summed E-state index contributed by atoms with van der Waals surface area (Å²) in [5, 5.41) is 0. The maximum Gasteiger partial charge on any atom is 0.167 e. The minimum Gasteiger partial charge on any atom is -0.494 e. The second-order valence-corrected chi connectivity index (χ2v) is 3.27. The van der Waals surface area contributed by atoms with E-state index < -0.39 is 11.6 Å². The molecule has 0 aliphatic rings. The van der Waals surface area contributed by atoms with Gasteiger partial charge in [0.1, 0.15) is 11.6 Å². The molecule has 4 nitrogen and oxygen atoms in total. The van der Waals surface area contributed by atoms with E-state index in [4.69, 9.17) is 0 Å². The summed E-state index contributed by atoms with van der Waals surface area (Å²) >= 11 is 0. The molecule has 0 bridgehead atoms. The molecule has 0 aliphatic carbocycles. The summed E-state index contributed by atoms with van der Waals surface area (Å²) < 4.78 is 31.7. The predicted octanol–water partition coefficient (Wildman–Crippen LogP) is 2.18. The quantitative estimate of drug-likeness (QED) is 0.834. The van der Waals surface area contributed by atoms with Crippen molar-refractivity contribution in [1.82, 2.24) is 9.97 Å². The van der Waals surface area contributed by atoms with Gasteiger partial charge in [-0.1, -0.05) is 0 Å². The average molecular weight is 238 g/mol. The van der Waals surface area contributed by atoms with Crippen molar-refractivity contribution < 1.29 is 18.3 Å². The lowest BCUT2D eigenvalue weighted by atomic mass is 10.2. The van der Waals surface area contributed by atoms with Crippen LogP contribution in [0.15, 0.2) is 18.3 Å². The van der Waals surface area contributed by atoms with Crippen molar-refractivity contribution in [3.05, 3.63) is 35.7 Å². The lowest BCUT2D eigenvalue weighted by molar-refractivity contribution is 0.111. The van der Waals surface area contributed by atoms with Crippen LogP contribution in [0.4, 0.5) is 8.78 Å². The topological polar surface area (TPSA) is 55.0 Å². The van der Waals surface area contributed by atoms with Crippen molar-refractivity contribution in [3.63, 3.8) is 0 Å². The molecule has 1 heterocycles. The normalized spacial score (nSPS) is 10.3. The summed E-state index contributed by atoms with van der Waals surface area (Å²) in [7, 11) is 1.24. The molecule has 0 amide bonds. The third kappa shape index (κ3) is 2.01. The van der Waals surface area contributed by atoms with Crippen molar-refractivity contribution >= 4 is 6.29 Å². The lowest BCUT2D eigenvalue weighted by Crippen LogP contribution is -1.94. The highest BCUT2D eigenvalue weighted by atomic mass is 19.1. The van der Waals surface area contributed by atoms with Crippen molar-refractivity contribution in [1.29, 1.82) is 0 Å². The first-order valence-electron chi connectivity index (χ1n) is 4.69. The number of aldehydes is 1. The van der Waals surface area contributed by atoms with Crippen LogP contribution >= 0.6 is 0 Å². The minimum absolute atomic E-state index is 0.0589. The summed E-state index contributed by atoms with van der Waals surface area (Å²) in [6.45, 7) is 0. The van der Waals surface area contributed by atoms with Crippen molar-refractivity contribution in [2.24, 2.45) is 0 Å². The van der Waals surface area contributed by atoms with Crippen LogP contribution in [0.25, 0.3) is 11.4 Å². The highest BCUT2D eigenvalue weighted by Crippen LogP contribution is 2.26. The van der Waals surface area contributed by atoms with E-state index >= 15 is 0 Å². The number of carbonyl (C=O) groups excluding carboxylic acids is 1. The molecule has 2 aromatic rings. The molecule has 0 saturated heterocycles. The first-order valence-corrected chi connectivity index (χ1v) is 4.69. The number of nitrogens with one attached hydrogen (secondary N) is 1. The summed E-state index contributed by atoms with van der Waals surface area (Å²) in [5.41, 5.74) is 0.132. The number of imidazole rings is 1. The maximum absolute atomic E-state index is 13.6. The van der Waals surface area contributed by atoms with Crippen LogP contribution in [0.3, 0.4) is 0 Å². The number of methoxy groups -OCH3 is 1. The van der Waals surface area contributed by atoms with Gasteiger partial charge >= 0.3 is 0 Å². The fourth-order valence-electron chi connectivity index (χ4n) is 1.40. The van der Waals surface area contributed by atoms with Crippen molar-refractivity contribution in [3.8, 4) is 17.1 Å². The van der Waals surface area contributed by atoms with E-state index in [0.717, 1.165) is 12.1 Å². The largest absolute Gasteiger partial charge is 0.494 e. The van der Waals surface area contributed by atoms with Gasteiger partial charge in [-0.3, -0.25) is 4.79 Å². The molecule has 17 heavy (non-hydrogen) atoms. The van der Waals surface area contributed by atoms with Crippen LogP contribution in [0.5, 0.6) is 5.75 Å². The molecule has 6 heteroatoms. The number of hydrogen-bond donors (Lipinski definition) is 1. The highest BCUT2D eigenvalue weighted by molar-refractivity contribution is 5.73. The van der Waals surface area contributed by atoms with Gasteiger partial charge in [0.15, 0.2) is 17.9 Å². The molecule has 1 aromatic heterocycles. The average Bonchev–Trinajstić information content (AvgIpc) is 2.80. The predicted molar refractivity (Wildman–Crippen MR) is 55.9 cm³/mol. The molecular formula is C11H8F2N2O2. The molecule has 0 atom stereocenters. The fraction of sp³-hybridized carbons (Fsp3) is 0.0909. The number of rotatable bonds is 3. The number of aromatic nitrogens is 2. The highest BCUT2D eigenvalue weighted by Gasteiger charge is 2.14. The van der Waals surface area contributed by atoms with E-state index in [2.05, 4.69) is 14.7 Å². The van der Waals surface area contributed by atoms with E-state index in [1.54, 1.807) is 0 Å². The Hall–Kier alpha value is -2.24. The van der Waals surface area contributed by atoms with E-state index in [0.29, 0.717) is 6.29 Å². The zero-order valence-electron chi connectivity index (χ0n) is 8.83. The molecule has 0 fully saturated rings. The van der Waals surface area contributed by atoms with Crippen LogP contribution in [0.1, 0.15) is 10.5 Å². The molecule has 0 radical (unpaired) electrons. The fourth-order valence-corrected chi connectivity index (χ4v) is 1.40. The molecule has 0 unspecified atom stereocenters. The molecule has 1 N–H and O–H groups in total. The molecule has 88 valence electrons. The summed E-state index contributed by atoms with van der Waals surface area (Å²) in [6, 6.07) is 1.88. The van der Waals surface area contributed by atoms with Gasteiger partial charge in [0, 0.05) is 6.07 Å². The van der Waals surface area contributed by atoms with Crippen molar-refractivity contribution in [2.45, 2.75) is 0 Å². The lowest BCUT2D eigenvalue weighted by Gasteiger charge is -2.05. The Balaban J connectivity index is 2.52. The Bertz CT molecular complexity index is 567. The number of hydrogen-bond acceptors (Lipinski definition) is 3. The van der Waals surface area contributed by atoms with E-state index in [9.17, 15) is 13.6 Å². The summed E-state index contributed by atoms with van der Waals surface area (Å²) in [6.07, 6.45) is 1.78. The van der Waals surface area contributed by atoms with Gasteiger partial charge in [-0.05, 0) is 6.07 Å². The Morgan fingerprint density at radius 1 is 1.35 bits per heavy atom. The second-order valence-electron chi connectivity index (χ2n) is 3.27. The third-order valence-corrected chi connectivity index (χ3v) is 2.22. The maximum atomic E-state index is 13.6. The molecular weight excluding hydrogens is 230 g/mol. The number of nitrogens with zero attached hydrogens (tertiary/aromatic N) is 1. The van der Waals surface area contributed by atoms with Gasteiger partial charge in [0.05, 0.1) is 24.6 Å². The van der Waals surface area contributed by atoms with Crippen molar-refractivity contribution in [2.75, 3.05) is 7.11 Å². The van der Waals surface area contributed by atoms with Gasteiger partial charge in [-0.15, -0.1) is 0 Å². The Morgan fingerprint density at radius 2 is 2.12 bits per heavy atom. The second kappa shape index (κ2) is 4.32. The number of carbonyl (C=O) groups is 1. The minimum atomic E-state index is -0.701. The smallest absolute Gasteiger partial charge is 0.167 e. The van der Waals surface area contributed by atoms with E-state index in [-0.39, 0.29) is 22.8 Å². The molecule has 0 saturated carbocycles. The number of aromatic amines is 1. The van der Waals surface area contributed by atoms with Crippen LogP contribution < -0.4 is 4.74 Å². The van der Waals surface area contributed by atoms with Gasteiger partial charge in [-0.25, -0.2) is 13.8 Å². The number of ether oxygens (including phenoxy) is 1.